The van der Waals surface area contributed by atoms with Crippen LogP contribution in [-0.4, -0.2) is 12.6 Å². The number of rotatable bonds is 8. The second-order valence-electron chi connectivity index (χ2n) is 9.29. The molecule has 0 radical (unpaired) electrons. The lowest BCUT2D eigenvalue weighted by Gasteiger charge is -2.36. The molecule has 1 atom stereocenters. The number of carbonyl (C=O) groups excluding carboxylic acids is 1. The zero-order valence-corrected chi connectivity index (χ0v) is 16.8. The van der Waals surface area contributed by atoms with E-state index in [1.54, 1.807) is 0 Å². The van der Waals surface area contributed by atoms with Gasteiger partial charge >= 0.3 is 5.97 Å². The van der Waals surface area contributed by atoms with Crippen LogP contribution in [0.5, 0.6) is 0 Å². The second-order valence-corrected chi connectivity index (χ2v) is 9.29. The lowest BCUT2D eigenvalue weighted by atomic mass is 9.72. The van der Waals surface area contributed by atoms with Gasteiger partial charge in [0.25, 0.3) is 0 Å². The minimum Gasteiger partial charge on any atom is -0.465 e. The van der Waals surface area contributed by atoms with E-state index in [4.69, 9.17) is 10.00 Å². The monoisotopic (exact) mass is 343 g/mol. The van der Waals surface area contributed by atoms with Crippen molar-refractivity contribution >= 4 is 5.97 Å². The third-order valence-corrected chi connectivity index (χ3v) is 4.66. The fourth-order valence-electron chi connectivity index (χ4n) is 3.59. The number of carbonyl (C=O) groups is 1. The summed E-state index contributed by atoms with van der Waals surface area (Å²) in [6, 6.07) is 12.6. The van der Waals surface area contributed by atoms with E-state index in [9.17, 15) is 4.79 Å². The van der Waals surface area contributed by atoms with Crippen molar-refractivity contribution in [2.75, 3.05) is 6.61 Å². The van der Waals surface area contributed by atoms with Crippen LogP contribution >= 0.6 is 0 Å². The minimum absolute atomic E-state index is 0.00199. The maximum atomic E-state index is 12.5. The number of nitriles is 1. The van der Waals surface area contributed by atoms with E-state index in [1.165, 1.54) is 5.56 Å². The van der Waals surface area contributed by atoms with Crippen molar-refractivity contribution in [3.05, 3.63) is 35.9 Å². The second kappa shape index (κ2) is 8.04. The zero-order chi connectivity index (χ0) is 19.3. The van der Waals surface area contributed by atoms with Gasteiger partial charge in [-0.2, -0.15) is 5.26 Å². The Morgan fingerprint density at radius 3 is 2.20 bits per heavy atom. The Kier molecular flexibility index (Phi) is 6.82. The fourth-order valence-corrected chi connectivity index (χ4v) is 3.59. The third kappa shape index (κ3) is 6.53. The van der Waals surface area contributed by atoms with Crippen LogP contribution in [0.2, 0.25) is 0 Å². The van der Waals surface area contributed by atoms with E-state index in [0.717, 1.165) is 6.42 Å². The molecule has 0 N–H and O–H groups in total. The highest BCUT2D eigenvalue weighted by Gasteiger charge is 2.35. The molecule has 0 amide bonds. The lowest BCUT2D eigenvalue weighted by Crippen LogP contribution is -2.34. The molecule has 0 spiro atoms. The summed E-state index contributed by atoms with van der Waals surface area (Å²) in [5.74, 6) is -0.382. The summed E-state index contributed by atoms with van der Waals surface area (Å²) in [4.78, 5) is 12.5. The van der Waals surface area contributed by atoms with E-state index in [2.05, 4.69) is 58.0 Å². The average molecular weight is 344 g/mol. The first-order valence-electron chi connectivity index (χ1n) is 9.02. The molecule has 0 saturated heterocycles. The number of ether oxygens (including phenoxy) is 1. The maximum Gasteiger partial charge on any atom is 0.311 e. The molecular weight excluding hydrogens is 310 g/mol. The largest absolute Gasteiger partial charge is 0.465 e. The first kappa shape index (κ1) is 21.2. The average Bonchev–Trinajstić information content (AvgIpc) is 2.52. The van der Waals surface area contributed by atoms with Gasteiger partial charge in [-0.25, -0.2) is 0 Å². The molecule has 0 saturated carbocycles. The molecule has 0 aliphatic rings. The normalized spacial score (nSPS) is 13.8. The number of benzene rings is 1. The SMILES string of the molecule is CC(C#N)CC(C)(C)C(=O)OCC(C)(C)CC(C)(C)c1ccccc1. The van der Waals surface area contributed by atoms with Crippen LogP contribution in [0.3, 0.4) is 0 Å². The molecule has 0 bridgehead atoms. The van der Waals surface area contributed by atoms with Gasteiger partial charge in [0, 0.05) is 5.92 Å². The summed E-state index contributed by atoms with van der Waals surface area (Å²) in [5.41, 5.74) is 0.520. The zero-order valence-electron chi connectivity index (χ0n) is 16.8. The van der Waals surface area contributed by atoms with Crippen LogP contribution in [0.15, 0.2) is 30.3 Å². The Morgan fingerprint density at radius 1 is 1.12 bits per heavy atom. The molecule has 0 aliphatic heterocycles. The molecule has 1 unspecified atom stereocenters. The van der Waals surface area contributed by atoms with Gasteiger partial charge < -0.3 is 4.74 Å². The quantitative estimate of drug-likeness (QED) is 0.586. The van der Waals surface area contributed by atoms with Gasteiger partial charge in [0.1, 0.15) is 0 Å². The van der Waals surface area contributed by atoms with E-state index in [0.29, 0.717) is 13.0 Å². The van der Waals surface area contributed by atoms with E-state index in [-0.39, 0.29) is 22.7 Å². The van der Waals surface area contributed by atoms with Crippen molar-refractivity contribution in [3.63, 3.8) is 0 Å². The summed E-state index contributed by atoms with van der Waals surface area (Å²) >= 11 is 0. The van der Waals surface area contributed by atoms with Crippen molar-refractivity contribution in [2.24, 2.45) is 16.7 Å². The topological polar surface area (TPSA) is 50.1 Å². The maximum absolute atomic E-state index is 12.5. The van der Waals surface area contributed by atoms with Crippen LogP contribution in [0.25, 0.3) is 0 Å². The molecule has 0 aliphatic carbocycles. The molecule has 1 aromatic rings. The van der Waals surface area contributed by atoms with Crippen molar-refractivity contribution in [2.45, 2.75) is 66.7 Å². The van der Waals surface area contributed by atoms with Crippen molar-refractivity contribution in [3.8, 4) is 6.07 Å². The van der Waals surface area contributed by atoms with Gasteiger partial charge in [0.2, 0.25) is 0 Å². The number of nitrogens with zero attached hydrogens (tertiary/aromatic N) is 1. The number of hydrogen-bond acceptors (Lipinski definition) is 3. The van der Waals surface area contributed by atoms with E-state index < -0.39 is 5.41 Å². The van der Waals surface area contributed by atoms with Crippen LogP contribution in [0.1, 0.15) is 66.9 Å². The summed E-state index contributed by atoms with van der Waals surface area (Å²) in [6.07, 6.45) is 1.42. The number of esters is 1. The summed E-state index contributed by atoms with van der Waals surface area (Å²) < 4.78 is 5.65. The fraction of sp³-hybridized carbons (Fsp3) is 0.636. The van der Waals surface area contributed by atoms with Crippen molar-refractivity contribution in [1.82, 2.24) is 0 Å². The molecule has 0 heterocycles. The van der Waals surface area contributed by atoms with Gasteiger partial charge in [-0.1, -0.05) is 58.0 Å². The molecule has 0 aromatic heterocycles. The van der Waals surface area contributed by atoms with Crippen LogP contribution in [0.4, 0.5) is 0 Å². The number of hydrogen-bond donors (Lipinski definition) is 0. The van der Waals surface area contributed by atoms with E-state index in [1.807, 2.05) is 26.8 Å². The van der Waals surface area contributed by atoms with Crippen molar-refractivity contribution < 1.29 is 9.53 Å². The molecule has 0 fully saturated rings. The smallest absolute Gasteiger partial charge is 0.311 e. The standard InChI is InChI=1S/C22H33NO2/c1-17(14-23)13-21(4,5)19(24)25-16-20(2,3)15-22(6,7)18-11-9-8-10-12-18/h8-12,17H,13,15-16H2,1-7H3. The Morgan fingerprint density at radius 2 is 1.68 bits per heavy atom. The lowest BCUT2D eigenvalue weighted by molar-refractivity contribution is -0.158. The summed E-state index contributed by atoms with van der Waals surface area (Å²) in [6.45, 7) is 14.6. The molecule has 1 aromatic carbocycles. The van der Waals surface area contributed by atoms with Gasteiger partial charge in [0.15, 0.2) is 0 Å². The van der Waals surface area contributed by atoms with Crippen LogP contribution in [-0.2, 0) is 14.9 Å². The molecule has 3 nitrogen and oxygen atoms in total. The van der Waals surface area contributed by atoms with Crippen molar-refractivity contribution in [1.29, 1.82) is 5.26 Å². The molecular formula is C22H33NO2. The third-order valence-electron chi connectivity index (χ3n) is 4.66. The Balaban J connectivity index is 2.69. The minimum atomic E-state index is -0.639. The van der Waals surface area contributed by atoms with Crippen LogP contribution < -0.4 is 0 Å². The Labute approximate surface area is 153 Å². The van der Waals surface area contributed by atoms with Gasteiger partial charge in [-0.05, 0) is 50.0 Å². The van der Waals surface area contributed by atoms with Gasteiger partial charge in [-0.3, -0.25) is 4.79 Å². The summed E-state index contributed by atoms with van der Waals surface area (Å²) in [7, 11) is 0. The Bertz CT molecular complexity index is 609. The predicted molar refractivity (Wildman–Crippen MR) is 102 cm³/mol. The molecule has 1 rings (SSSR count). The van der Waals surface area contributed by atoms with E-state index >= 15 is 0 Å². The molecule has 138 valence electrons. The first-order valence-corrected chi connectivity index (χ1v) is 9.02. The van der Waals surface area contributed by atoms with Gasteiger partial charge in [0.05, 0.1) is 18.1 Å². The molecule has 3 heteroatoms. The highest BCUT2D eigenvalue weighted by atomic mass is 16.5. The predicted octanol–water partition coefficient (Wildman–Crippen LogP) is 5.50. The van der Waals surface area contributed by atoms with Crippen LogP contribution in [0, 0.1) is 28.1 Å². The highest BCUT2D eigenvalue weighted by Crippen LogP contribution is 2.37. The highest BCUT2D eigenvalue weighted by molar-refractivity contribution is 5.76. The Hall–Kier alpha value is -1.82. The first-order chi connectivity index (χ1) is 11.4. The molecule has 25 heavy (non-hydrogen) atoms. The van der Waals surface area contributed by atoms with Gasteiger partial charge in [-0.15, -0.1) is 0 Å². The summed E-state index contributed by atoms with van der Waals surface area (Å²) in [5, 5.41) is 8.97.